The molecule has 7 nitrogen and oxygen atoms in total. The van der Waals surface area contributed by atoms with Crippen LogP contribution in [0, 0.1) is 0 Å². The molecule has 2 heterocycles. The van der Waals surface area contributed by atoms with Crippen LogP contribution in [-0.2, 0) is 11.3 Å². The van der Waals surface area contributed by atoms with Crippen LogP contribution in [0.25, 0.3) is 0 Å². The Labute approximate surface area is 121 Å². The molecular formula is C12H18N6OS. The third-order valence-corrected chi connectivity index (χ3v) is 3.76. The molecule has 2 aromatic rings. The van der Waals surface area contributed by atoms with Gasteiger partial charge < -0.3 is 9.47 Å². The molecule has 2 rings (SSSR count). The Morgan fingerprint density at radius 3 is 3.00 bits per heavy atom. The fraction of sp³-hybridized carbons (Fsp3) is 0.500. The second-order valence-electron chi connectivity index (χ2n) is 4.76. The molecule has 1 N–H and O–H groups in total. The molecule has 8 heteroatoms. The summed E-state index contributed by atoms with van der Waals surface area (Å²) in [5, 5.41) is 15.3. The van der Waals surface area contributed by atoms with Crippen molar-refractivity contribution in [3.8, 4) is 0 Å². The average molecular weight is 294 g/mol. The zero-order chi connectivity index (χ0) is 14.5. The Balaban J connectivity index is 1.87. The number of nitrogens with zero attached hydrogens (tertiary/aromatic N) is 5. The van der Waals surface area contributed by atoms with Crippen LogP contribution in [0.2, 0.25) is 0 Å². The molecule has 0 radical (unpaired) electrons. The van der Waals surface area contributed by atoms with Gasteiger partial charge in [0.2, 0.25) is 5.91 Å². The van der Waals surface area contributed by atoms with Crippen LogP contribution in [-0.4, -0.2) is 48.6 Å². The summed E-state index contributed by atoms with van der Waals surface area (Å²) in [6.45, 7) is 4.66. The van der Waals surface area contributed by atoms with Gasteiger partial charge in [0.1, 0.15) is 6.33 Å². The number of aromatic amines is 1. The minimum absolute atomic E-state index is 0.0505. The molecule has 0 fully saturated rings. The first kappa shape index (κ1) is 14.6. The van der Waals surface area contributed by atoms with Crippen molar-refractivity contribution in [2.75, 3.05) is 12.8 Å². The number of hydrogen-bond donors (Lipinski definition) is 1. The van der Waals surface area contributed by atoms with Gasteiger partial charge in [-0.3, -0.25) is 9.89 Å². The summed E-state index contributed by atoms with van der Waals surface area (Å²) in [5.74, 6) is 0.397. The van der Waals surface area contributed by atoms with E-state index >= 15 is 0 Å². The highest BCUT2D eigenvalue weighted by Gasteiger charge is 2.14. The van der Waals surface area contributed by atoms with Crippen molar-refractivity contribution in [2.45, 2.75) is 31.6 Å². The highest BCUT2D eigenvalue weighted by atomic mass is 32.2. The van der Waals surface area contributed by atoms with Crippen LogP contribution in [0.4, 0.5) is 0 Å². The predicted molar refractivity (Wildman–Crippen MR) is 76.2 cm³/mol. The normalized spacial score (nSPS) is 11.0. The SMILES string of the molecule is CC(C)n1cnnc1SCC(=O)N(C)Cc1cn[nH]c1. The van der Waals surface area contributed by atoms with E-state index in [9.17, 15) is 4.79 Å². The van der Waals surface area contributed by atoms with Gasteiger partial charge in [0.25, 0.3) is 0 Å². The van der Waals surface area contributed by atoms with Gasteiger partial charge in [0, 0.05) is 31.4 Å². The van der Waals surface area contributed by atoms with Crippen molar-refractivity contribution in [3.63, 3.8) is 0 Å². The van der Waals surface area contributed by atoms with Gasteiger partial charge >= 0.3 is 0 Å². The first-order valence-corrected chi connectivity index (χ1v) is 7.30. The van der Waals surface area contributed by atoms with Crippen LogP contribution in [0.15, 0.2) is 23.9 Å². The van der Waals surface area contributed by atoms with Crippen molar-refractivity contribution < 1.29 is 4.79 Å². The number of carbonyl (C=O) groups is 1. The quantitative estimate of drug-likeness (QED) is 0.813. The fourth-order valence-corrected chi connectivity index (χ4v) is 2.64. The molecule has 0 saturated heterocycles. The molecule has 0 saturated carbocycles. The maximum atomic E-state index is 12.1. The molecule has 0 aliphatic rings. The molecular weight excluding hydrogens is 276 g/mol. The van der Waals surface area contributed by atoms with Crippen molar-refractivity contribution in [2.24, 2.45) is 0 Å². The van der Waals surface area contributed by atoms with Crippen molar-refractivity contribution in [1.82, 2.24) is 29.9 Å². The summed E-state index contributed by atoms with van der Waals surface area (Å²) in [5.41, 5.74) is 0.983. The van der Waals surface area contributed by atoms with Crippen LogP contribution in [0.3, 0.4) is 0 Å². The second-order valence-corrected chi connectivity index (χ2v) is 5.70. The van der Waals surface area contributed by atoms with Crippen LogP contribution in [0.5, 0.6) is 0 Å². The van der Waals surface area contributed by atoms with Crippen molar-refractivity contribution in [1.29, 1.82) is 0 Å². The molecule has 0 atom stereocenters. The number of rotatable bonds is 6. The Morgan fingerprint density at radius 2 is 2.35 bits per heavy atom. The molecule has 0 aromatic carbocycles. The monoisotopic (exact) mass is 294 g/mol. The zero-order valence-electron chi connectivity index (χ0n) is 11.8. The Kier molecular flexibility index (Phi) is 4.78. The van der Waals surface area contributed by atoms with E-state index in [2.05, 4.69) is 34.2 Å². The molecule has 0 spiro atoms. The van der Waals surface area contributed by atoms with E-state index in [4.69, 9.17) is 0 Å². The van der Waals surface area contributed by atoms with Crippen LogP contribution in [0.1, 0.15) is 25.5 Å². The van der Waals surface area contributed by atoms with Gasteiger partial charge in [0.15, 0.2) is 5.16 Å². The lowest BCUT2D eigenvalue weighted by Crippen LogP contribution is -2.27. The lowest BCUT2D eigenvalue weighted by Gasteiger charge is -2.16. The number of carbonyl (C=O) groups excluding carboxylic acids is 1. The van der Waals surface area contributed by atoms with E-state index < -0.39 is 0 Å². The highest BCUT2D eigenvalue weighted by Crippen LogP contribution is 2.19. The number of H-pyrrole nitrogens is 1. The minimum Gasteiger partial charge on any atom is -0.341 e. The number of hydrogen-bond acceptors (Lipinski definition) is 5. The Morgan fingerprint density at radius 1 is 1.55 bits per heavy atom. The lowest BCUT2D eigenvalue weighted by molar-refractivity contribution is -0.127. The third kappa shape index (κ3) is 3.60. The summed E-state index contributed by atoms with van der Waals surface area (Å²) in [6.07, 6.45) is 5.19. The van der Waals surface area contributed by atoms with E-state index in [1.807, 2.05) is 4.57 Å². The van der Waals surface area contributed by atoms with E-state index in [1.165, 1.54) is 11.8 Å². The van der Waals surface area contributed by atoms with E-state index in [0.29, 0.717) is 12.3 Å². The first-order valence-electron chi connectivity index (χ1n) is 6.32. The van der Waals surface area contributed by atoms with Crippen molar-refractivity contribution >= 4 is 17.7 Å². The van der Waals surface area contributed by atoms with Gasteiger partial charge in [-0.15, -0.1) is 10.2 Å². The first-order chi connectivity index (χ1) is 9.58. The third-order valence-electron chi connectivity index (χ3n) is 2.82. The van der Waals surface area contributed by atoms with E-state index in [0.717, 1.165) is 10.7 Å². The standard InChI is InChI=1S/C12H18N6OS/c1-9(2)18-8-15-16-12(18)20-7-11(19)17(3)6-10-4-13-14-5-10/h4-5,8-9H,6-7H2,1-3H3,(H,13,14). The minimum atomic E-state index is 0.0505. The molecule has 2 aromatic heterocycles. The summed E-state index contributed by atoms with van der Waals surface area (Å²) >= 11 is 1.41. The highest BCUT2D eigenvalue weighted by molar-refractivity contribution is 7.99. The fourth-order valence-electron chi connectivity index (χ4n) is 1.65. The molecule has 20 heavy (non-hydrogen) atoms. The van der Waals surface area contributed by atoms with Gasteiger partial charge in [0.05, 0.1) is 11.9 Å². The topological polar surface area (TPSA) is 79.7 Å². The largest absolute Gasteiger partial charge is 0.341 e. The molecule has 0 aliphatic heterocycles. The van der Waals surface area contributed by atoms with Gasteiger partial charge in [-0.1, -0.05) is 11.8 Å². The predicted octanol–water partition coefficient (Wildman–Crippen LogP) is 1.33. The van der Waals surface area contributed by atoms with Crippen LogP contribution >= 0.6 is 11.8 Å². The van der Waals surface area contributed by atoms with Crippen LogP contribution < -0.4 is 0 Å². The Hall–Kier alpha value is -1.83. The number of aromatic nitrogens is 5. The number of amides is 1. The molecule has 108 valence electrons. The van der Waals surface area contributed by atoms with Gasteiger partial charge in [-0.25, -0.2) is 0 Å². The summed E-state index contributed by atoms with van der Waals surface area (Å²) in [6, 6.07) is 0.284. The summed E-state index contributed by atoms with van der Waals surface area (Å²) < 4.78 is 1.95. The average Bonchev–Trinajstić information content (AvgIpc) is 3.06. The maximum absolute atomic E-state index is 12.1. The molecule has 0 unspecified atom stereocenters. The molecule has 0 aliphatic carbocycles. The van der Waals surface area contributed by atoms with Gasteiger partial charge in [-0.2, -0.15) is 5.10 Å². The molecule has 1 amide bonds. The Bertz CT molecular complexity index is 550. The lowest BCUT2D eigenvalue weighted by atomic mass is 10.3. The van der Waals surface area contributed by atoms with Crippen molar-refractivity contribution in [3.05, 3.63) is 24.3 Å². The second kappa shape index (κ2) is 6.56. The maximum Gasteiger partial charge on any atom is 0.233 e. The smallest absolute Gasteiger partial charge is 0.233 e. The van der Waals surface area contributed by atoms with Gasteiger partial charge in [-0.05, 0) is 13.8 Å². The zero-order valence-corrected chi connectivity index (χ0v) is 12.6. The summed E-state index contributed by atoms with van der Waals surface area (Å²) in [4.78, 5) is 13.7. The van der Waals surface area contributed by atoms with E-state index in [-0.39, 0.29) is 11.9 Å². The van der Waals surface area contributed by atoms with E-state index in [1.54, 1.807) is 30.7 Å². The molecule has 0 bridgehead atoms. The summed E-state index contributed by atoms with van der Waals surface area (Å²) in [7, 11) is 1.78. The number of thioether (sulfide) groups is 1. The number of nitrogens with one attached hydrogen (secondary N) is 1.